The van der Waals surface area contributed by atoms with Crippen molar-refractivity contribution in [2.45, 2.75) is 44.1 Å². The maximum atomic E-state index is 9.86. The summed E-state index contributed by atoms with van der Waals surface area (Å²) in [5, 5.41) is 29.0. The van der Waals surface area contributed by atoms with Gasteiger partial charge in [-0.15, -0.1) is 0 Å². The van der Waals surface area contributed by atoms with Gasteiger partial charge in [-0.05, 0) is 12.3 Å². The zero-order valence-electron chi connectivity index (χ0n) is 8.50. The SMILES string of the molecule is CCC1C[C@@H](O)[C@@H]2C(O)C(O)CN2C1. The lowest BCUT2D eigenvalue weighted by atomic mass is 9.88. The summed E-state index contributed by atoms with van der Waals surface area (Å²) >= 11 is 0. The van der Waals surface area contributed by atoms with Crippen LogP contribution < -0.4 is 0 Å². The highest BCUT2D eigenvalue weighted by molar-refractivity contribution is 5.00. The highest BCUT2D eigenvalue weighted by atomic mass is 16.3. The van der Waals surface area contributed by atoms with Crippen molar-refractivity contribution in [1.82, 2.24) is 4.90 Å². The highest BCUT2D eigenvalue weighted by Crippen LogP contribution is 2.31. The van der Waals surface area contributed by atoms with Gasteiger partial charge in [-0.3, -0.25) is 4.90 Å². The van der Waals surface area contributed by atoms with E-state index in [9.17, 15) is 15.3 Å². The van der Waals surface area contributed by atoms with Crippen molar-refractivity contribution in [1.29, 1.82) is 0 Å². The van der Waals surface area contributed by atoms with Gasteiger partial charge in [0, 0.05) is 13.1 Å². The first-order valence-electron chi connectivity index (χ1n) is 5.41. The molecule has 5 atom stereocenters. The molecule has 0 amide bonds. The molecule has 0 spiro atoms. The number of rotatable bonds is 1. The number of fused-ring (bicyclic) bond motifs is 1. The lowest BCUT2D eigenvalue weighted by Crippen LogP contribution is -2.51. The van der Waals surface area contributed by atoms with Crippen LogP contribution in [0.5, 0.6) is 0 Å². The van der Waals surface area contributed by atoms with Gasteiger partial charge in [-0.1, -0.05) is 13.3 Å². The Balaban J connectivity index is 2.08. The van der Waals surface area contributed by atoms with Gasteiger partial charge in [-0.2, -0.15) is 0 Å². The van der Waals surface area contributed by atoms with Crippen LogP contribution in [0, 0.1) is 5.92 Å². The van der Waals surface area contributed by atoms with Crippen LogP contribution in [0.25, 0.3) is 0 Å². The van der Waals surface area contributed by atoms with Crippen LogP contribution in [0.3, 0.4) is 0 Å². The van der Waals surface area contributed by atoms with Gasteiger partial charge in [0.05, 0.1) is 24.4 Å². The van der Waals surface area contributed by atoms with Gasteiger partial charge in [0.25, 0.3) is 0 Å². The third-order valence-electron chi connectivity index (χ3n) is 3.63. The van der Waals surface area contributed by atoms with Crippen molar-refractivity contribution in [2.75, 3.05) is 13.1 Å². The molecule has 2 rings (SSSR count). The molecule has 0 aromatic heterocycles. The number of aliphatic hydroxyl groups excluding tert-OH is 3. The number of aliphatic hydroxyl groups is 3. The molecule has 2 aliphatic heterocycles. The van der Waals surface area contributed by atoms with Crippen LogP contribution in [0.2, 0.25) is 0 Å². The van der Waals surface area contributed by atoms with Gasteiger partial charge in [0.1, 0.15) is 0 Å². The highest BCUT2D eigenvalue weighted by Gasteiger charge is 2.47. The average molecular weight is 201 g/mol. The van der Waals surface area contributed by atoms with Gasteiger partial charge >= 0.3 is 0 Å². The molecular weight excluding hydrogens is 182 g/mol. The summed E-state index contributed by atoms with van der Waals surface area (Å²) in [6.07, 6.45) is -0.151. The molecule has 3 unspecified atom stereocenters. The summed E-state index contributed by atoms with van der Waals surface area (Å²) in [5.41, 5.74) is 0. The van der Waals surface area contributed by atoms with Crippen molar-refractivity contribution >= 4 is 0 Å². The Bertz CT molecular complexity index is 212. The van der Waals surface area contributed by atoms with E-state index in [1.807, 2.05) is 4.90 Å². The number of piperidine rings is 1. The summed E-state index contributed by atoms with van der Waals surface area (Å²) in [6.45, 7) is 3.51. The zero-order chi connectivity index (χ0) is 10.3. The Morgan fingerprint density at radius 2 is 1.86 bits per heavy atom. The third-order valence-corrected chi connectivity index (χ3v) is 3.63. The number of hydrogen-bond donors (Lipinski definition) is 3. The van der Waals surface area contributed by atoms with Crippen molar-refractivity contribution in [3.63, 3.8) is 0 Å². The van der Waals surface area contributed by atoms with Gasteiger partial charge < -0.3 is 15.3 Å². The van der Waals surface area contributed by atoms with Gasteiger partial charge in [0.15, 0.2) is 0 Å². The number of hydrogen-bond acceptors (Lipinski definition) is 4. The average Bonchev–Trinajstić information content (AvgIpc) is 2.43. The van der Waals surface area contributed by atoms with Crippen molar-refractivity contribution in [2.24, 2.45) is 5.92 Å². The first kappa shape index (κ1) is 10.4. The fourth-order valence-corrected chi connectivity index (χ4v) is 2.76. The van der Waals surface area contributed by atoms with E-state index in [1.165, 1.54) is 0 Å². The monoisotopic (exact) mass is 201 g/mol. The van der Waals surface area contributed by atoms with Crippen LogP contribution in [0.1, 0.15) is 19.8 Å². The van der Waals surface area contributed by atoms with Crippen LogP contribution in [-0.4, -0.2) is 57.7 Å². The maximum absolute atomic E-state index is 9.86. The van der Waals surface area contributed by atoms with Gasteiger partial charge in [0.2, 0.25) is 0 Å². The molecule has 2 fully saturated rings. The first-order chi connectivity index (χ1) is 6.63. The van der Waals surface area contributed by atoms with E-state index in [-0.39, 0.29) is 6.04 Å². The second-order valence-corrected chi connectivity index (χ2v) is 4.58. The Morgan fingerprint density at radius 1 is 1.14 bits per heavy atom. The molecule has 0 aromatic carbocycles. The quantitative estimate of drug-likeness (QED) is 0.519. The largest absolute Gasteiger partial charge is 0.391 e. The normalized spacial score (nSPS) is 49.3. The number of nitrogens with zero attached hydrogens (tertiary/aromatic N) is 1. The van der Waals surface area contributed by atoms with E-state index in [4.69, 9.17) is 0 Å². The Kier molecular flexibility index (Phi) is 2.79. The van der Waals surface area contributed by atoms with E-state index in [0.717, 1.165) is 19.4 Å². The Morgan fingerprint density at radius 3 is 2.50 bits per heavy atom. The van der Waals surface area contributed by atoms with Crippen LogP contribution in [-0.2, 0) is 0 Å². The predicted octanol–water partition coefficient (Wildman–Crippen LogP) is -0.817. The third kappa shape index (κ3) is 1.56. The molecule has 0 saturated carbocycles. The minimum atomic E-state index is -0.775. The molecule has 0 aliphatic carbocycles. The molecule has 4 nitrogen and oxygen atoms in total. The molecule has 0 radical (unpaired) electrons. The lowest BCUT2D eigenvalue weighted by Gasteiger charge is -2.39. The molecule has 4 heteroatoms. The van der Waals surface area contributed by atoms with E-state index < -0.39 is 18.3 Å². The van der Waals surface area contributed by atoms with E-state index in [1.54, 1.807) is 0 Å². The van der Waals surface area contributed by atoms with Crippen LogP contribution >= 0.6 is 0 Å². The molecule has 2 saturated heterocycles. The molecule has 2 heterocycles. The fraction of sp³-hybridized carbons (Fsp3) is 1.00. The topological polar surface area (TPSA) is 63.9 Å². The molecule has 82 valence electrons. The molecule has 0 bridgehead atoms. The maximum Gasteiger partial charge on any atom is 0.0991 e. The second kappa shape index (κ2) is 3.77. The lowest BCUT2D eigenvalue weighted by molar-refractivity contribution is -0.0433. The van der Waals surface area contributed by atoms with E-state index in [0.29, 0.717) is 12.5 Å². The smallest absolute Gasteiger partial charge is 0.0991 e. The molecule has 2 aliphatic rings. The summed E-state index contributed by atoms with van der Waals surface area (Å²) in [6, 6.07) is -0.243. The molecule has 3 N–H and O–H groups in total. The van der Waals surface area contributed by atoms with E-state index >= 15 is 0 Å². The first-order valence-corrected chi connectivity index (χ1v) is 5.41. The summed E-state index contributed by atoms with van der Waals surface area (Å²) < 4.78 is 0. The zero-order valence-corrected chi connectivity index (χ0v) is 8.50. The molecule has 0 aromatic rings. The summed E-state index contributed by atoms with van der Waals surface area (Å²) in [4.78, 5) is 2.03. The molecule has 14 heavy (non-hydrogen) atoms. The second-order valence-electron chi connectivity index (χ2n) is 4.58. The summed E-state index contributed by atoms with van der Waals surface area (Å²) in [7, 11) is 0. The Hall–Kier alpha value is -0.160. The summed E-state index contributed by atoms with van der Waals surface area (Å²) in [5.74, 6) is 0.499. The molecular formula is C10H19NO3. The minimum Gasteiger partial charge on any atom is -0.391 e. The van der Waals surface area contributed by atoms with Crippen molar-refractivity contribution in [3.05, 3.63) is 0 Å². The minimum absolute atomic E-state index is 0.243. The van der Waals surface area contributed by atoms with Gasteiger partial charge in [-0.25, -0.2) is 0 Å². The fourth-order valence-electron chi connectivity index (χ4n) is 2.76. The van der Waals surface area contributed by atoms with Crippen molar-refractivity contribution < 1.29 is 15.3 Å². The van der Waals surface area contributed by atoms with Crippen LogP contribution in [0.15, 0.2) is 0 Å². The van der Waals surface area contributed by atoms with Crippen LogP contribution in [0.4, 0.5) is 0 Å². The predicted molar refractivity (Wildman–Crippen MR) is 51.8 cm³/mol. The Labute approximate surface area is 84.2 Å². The van der Waals surface area contributed by atoms with Crippen molar-refractivity contribution in [3.8, 4) is 0 Å². The van der Waals surface area contributed by atoms with E-state index in [2.05, 4.69) is 6.92 Å². The standard InChI is InChI=1S/C10H19NO3/c1-2-6-3-7(12)9-10(14)8(13)5-11(9)4-6/h6-10,12-14H,2-5H2,1H3/t6?,7-,8?,9-,10?/m1/s1.